The van der Waals surface area contributed by atoms with Gasteiger partial charge in [0.25, 0.3) is 11.4 Å². The molecule has 0 amide bonds. The summed E-state index contributed by atoms with van der Waals surface area (Å²) >= 11 is 0. The van der Waals surface area contributed by atoms with Crippen molar-refractivity contribution >= 4 is 23.3 Å². The van der Waals surface area contributed by atoms with E-state index in [0.717, 1.165) is 18.2 Å². The first-order valence-electron chi connectivity index (χ1n) is 7.17. The van der Waals surface area contributed by atoms with Crippen LogP contribution in [0.1, 0.15) is 44.7 Å². The minimum Gasteiger partial charge on any atom is -0.478 e. The van der Waals surface area contributed by atoms with E-state index in [1.54, 1.807) is 0 Å². The largest absolute Gasteiger partial charge is 0.478 e. The Labute approximate surface area is 145 Å². The molecule has 0 bridgehead atoms. The number of rotatable bonds is 6. The normalized spacial score (nSPS) is 11.6. The fourth-order valence-corrected chi connectivity index (χ4v) is 2.66. The summed E-state index contributed by atoms with van der Waals surface area (Å²) < 4.78 is 0. The van der Waals surface area contributed by atoms with Crippen molar-refractivity contribution in [3.8, 4) is 0 Å². The van der Waals surface area contributed by atoms with E-state index in [0.29, 0.717) is 0 Å². The second kappa shape index (κ2) is 6.97. The number of para-hydroxylation sites is 1. The molecule has 0 aromatic heterocycles. The highest BCUT2D eigenvalue weighted by Crippen LogP contribution is 2.38. The maximum atomic E-state index is 11.4. The van der Waals surface area contributed by atoms with E-state index >= 15 is 0 Å². The highest BCUT2D eigenvalue weighted by Gasteiger charge is 2.30. The van der Waals surface area contributed by atoms with Gasteiger partial charge in [-0.05, 0) is 12.1 Å². The van der Waals surface area contributed by atoms with E-state index in [-0.39, 0.29) is 16.7 Å². The summed E-state index contributed by atoms with van der Waals surface area (Å²) in [6, 6.07) is 6.89. The molecule has 1 atom stereocenters. The van der Waals surface area contributed by atoms with E-state index < -0.39 is 44.6 Å². The van der Waals surface area contributed by atoms with E-state index in [9.17, 15) is 29.8 Å². The van der Waals surface area contributed by atoms with Crippen molar-refractivity contribution in [1.82, 2.24) is 0 Å². The van der Waals surface area contributed by atoms with Gasteiger partial charge in [0.15, 0.2) is 0 Å². The summed E-state index contributed by atoms with van der Waals surface area (Å²) in [5.74, 6) is -3.77. The molecule has 2 aromatic rings. The van der Waals surface area contributed by atoms with Crippen molar-refractivity contribution in [1.29, 1.82) is 0 Å². The lowest BCUT2D eigenvalue weighted by Gasteiger charge is -2.14. The zero-order chi connectivity index (χ0) is 19.6. The maximum absolute atomic E-state index is 11.4. The molecule has 2 N–H and O–H groups in total. The lowest BCUT2D eigenvalue weighted by Crippen LogP contribution is -2.10. The maximum Gasteiger partial charge on any atom is 0.342 e. The van der Waals surface area contributed by atoms with Gasteiger partial charge in [0.1, 0.15) is 5.56 Å². The molecular formula is C16H12N2O8. The predicted molar refractivity (Wildman–Crippen MR) is 87.6 cm³/mol. The molecule has 0 saturated heterocycles. The number of nitro benzene ring substituents is 2. The molecule has 0 aliphatic carbocycles. The van der Waals surface area contributed by atoms with Crippen LogP contribution in [0, 0.1) is 20.2 Å². The first kappa shape index (κ1) is 18.5. The number of carboxylic acid groups (broad SMARTS) is 2. The first-order valence-corrected chi connectivity index (χ1v) is 7.17. The van der Waals surface area contributed by atoms with Gasteiger partial charge in [0, 0.05) is 23.1 Å². The van der Waals surface area contributed by atoms with Crippen molar-refractivity contribution in [3.63, 3.8) is 0 Å². The van der Waals surface area contributed by atoms with Gasteiger partial charge in [0.2, 0.25) is 0 Å². The molecule has 1 unspecified atom stereocenters. The van der Waals surface area contributed by atoms with Crippen molar-refractivity contribution in [2.45, 2.75) is 12.8 Å². The molecule has 26 heavy (non-hydrogen) atoms. The van der Waals surface area contributed by atoms with Crippen LogP contribution >= 0.6 is 0 Å². The highest BCUT2D eigenvalue weighted by atomic mass is 16.6. The molecule has 0 saturated carbocycles. The molecule has 0 radical (unpaired) electrons. The van der Waals surface area contributed by atoms with Crippen LogP contribution in [0.4, 0.5) is 11.4 Å². The lowest BCUT2D eigenvalue weighted by molar-refractivity contribution is -0.386. The minimum absolute atomic E-state index is 0.0268. The van der Waals surface area contributed by atoms with Crippen LogP contribution < -0.4 is 0 Å². The summed E-state index contributed by atoms with van der Waals surface area (Å²) in [5, 5.41) is 40.8. The molecule has 134 valence electrons. The van der Waals surface area contributed by atoms with Crippen molar-refractivity contribution < 1.29 is 29.6 Å². The van der Waals surface area contributed by atoms with Gasteiger partial charge in [-0.2, -0.15) is 0 Å². The summed E-state index contributed by atoms with van der Waals surface area (Å²) in [6.45, 7) is 1.44. The van der Waals surface area contributed by atoms with Crippen molar-refractivity contribution in [2.24, 2.45) is 0 Å². The third-order valence-electron chi connectivity index (χ3n) is 3.89. The van der Waals surface area contributed by atoms with E-state index in [4.69, 9.17) is 10.2 Å². The number of hydrogen-bond donors (Lipinski definition) is 2. The lowest BCUT2D eigenvalue weighted by atomic mass is 9.88. The Hall–Kier alpha value is -3.82. The first-order chi connectivity index (χ1) is 12.1. The number of aromatic carboxylic acids is 2. The van der Waals surface area contributed by atoms with Gasteiger partial charge in [-0.3, -0.25) is 20.2 Å². The summed E-state index contributed by atoms with van der Waals surface area (Å²) in [5.41, 5.74) is -2.02. The summed E-state index contributed by atoms with van der Waals surface area (Å²) in [6.07, 6.45) is 0. The summed E-state index contributed by atoms with van der Waals surface area (Å²) in [7, 11) is 0. The fraction of sp³-hybridized carbons (Fsp3) is 0.125. The van der Waals surface area contributed by atoms with E-state index in [2.05, 4.69) is 0 Å². The average molecular weight is 360 g/mol. The average Bonchev–Trinajstić information content (AvgIpc) is 2.59. The van der Waals surface area contributed by atoms with Crippen LogP contribution in [-0.4, -0.2) is 32.0 Å². The van der Waals surface area contributed by atoms with Crippen LogP contribution in [0.5, 0.6) is 0 Å². The molecule has 0 spiro atoms. The third-order valence-corrected chi connectivity index (χ3v) is 3.89. The molecule has 0 aliphatic heterocycles. The number of hydrogen-bond acceptors (Lipinski definition) is 6. The van der Waals surface area contributed by atoms with Crippen LogP contribution in [0.3, 0.4) is 0 Å². The fourth-order valence-electron chi connectivity index (χ4n) is 2.66. The molecule has 0 fully saturated rings. The Kier molecular flexibility index (Phi) is 4.96. The number of carbonyl (C=O) groups is 2. The van der Waals surface area contributed by atoms with Gasteiger partial charge >= 0.3 is 11.9 Å². The van der Waals surface area contributed by atoms with Gasteiger partial charge in [-0.25, -0.2) is 9.59 Å². The smallest absolute Gasteiger partial charge is 0.342 e. The van der Waals surface area contributed by atoms with Gasteiger partial charge < -0.3 is 10.2 Å². The van der Waals surface area contributed by atoms with Crippen molar-refractivity contribution in [2.75, 3.05) is 0 Å². The Morgan fingerprint density at radius 2 is 1.62 bits per heavy atom. The van der Waals surface area contributed by atoms with Gasteiger partial charge in [0.05, 0.1) is 15.4 Å². The van der Waals surface area contributed by atoms with Crippen LogP contribution in [0.25, 0.3) is 0 Å². The zero-order valence-corrected chi connectivity index (χ0v) is 13.3. The predicted octanol–water partition coefficient (Wildman–Crippen LogP) is 3.05. The second-order valence-electron chi connectivity index (χ2n) is 5.36. The number of nitro groups is 2. The van der Waals surface area contributed by atoms with Crippen LogP contribution in [0.2, 0.25) is 0 Å². The molecule has 2 rings (SSSR count). The highest BCUT2D eigenvalue weighted by molar-refractivity contribution is 5.93. The molecule has 0 aliphatic rings. The molecule has 0 heterocycles. The number of nitrogens with zero attached hydrogens (tertiary/aromatic N) is 2. The van der Waals surface area contributed by atoms with Crippen molar-refractivity contribution in [3.05, 3.63) is 78.9 Å². The topological polar surface area (TPSA) is 161 Å². The standard InChI is InChI=1S/C16H12N2O8/c1-8(10-6-5-9(15(19)20)7-13(10)17(23)24)11-3-2-4-12(16(21)22)14(11)18(25)26/h2-8H,1H3,(H,19,20)(H,21,22). The van der Waals surface area contributed by atoms with Crippen LogP contribution in [0.15, 0.2) is 36.4 Å². The number of carboxylic acids is 2. The Morgan fingerprint density at radius 1 is 0.962 bits per heavy atom. The van der Waals surface area contributed by atoms with Crippen LogP contribution in [-0.2, 0) is 0 Å². The minimum atomic E-state index is -1.50. The monoisotopic (exact) mass is 360 g/mol. The Bertz CT molecular complexity index is 938. The Morgan fingerprint density at radius 3 is 2.12 bits per heavy atom. The molecule has 10 nitrogen and oxygen atoms in total. The third kappa shape index (κ3) is 3.34. The zero-order valence-electron chi connectivity index (χ0n) is 13.3. The van der Waals surface area contributed by atoms with E-state index in [1.165, 1.54) is 25.1 Å². The van der Waals surface area contributed by atoms with E-state index in [1.807, 2.05) is 0 Å². The second-order valence-corrected chi connectivity index (χ2v) is 5.36. The molecule has 2 aromatic carbocycles. The van der Waals surface area contributed by atoms with Gasteiger partial charge in [-0.1, -0.05) is 25.1 Å². The van der Waals surface area contributed by atoms with Gasteiger partial charge in [-0.15, -0.1) is 0 Å². The quantitative estimate of drug-likeness (QED) is 0.586. The Balaban J connectivity index is 2.71. The number of benzene rings is 2. The SMILES string of the molecule is CC(c1ccc(C(=O)O)cc1[N+](=O)[O-])c1cccc(C(=O)O)c1[N+](=O)[O-]. The molecule has 10 heteroatoms. The summed E-state index contributed by atoms with van der Waals surface area (Å²) in [4.78, 5) is 43.3. The molecular weight excluding hydrogens is 348 g/mol.